The Morgan fingerprint density at radius 1 is 1.11 bits per heavy atom. The molecule has 0 spiro atoms. The van der Waals surface area contributed by atoms with Crippen LogP contribution in [0.3, 0.4) is 0 Å². The predicted molar refractivity (Wildman–Crippen MR) is 104 cm³/mol. The lowest BCUT2D eigenvalue weighted by Crippen LogP contribution is -2.34. The minimum Gasteiger partial charge on any atom is -0.466 e. The molecule has 2 saturated heterocycles. The molecule has 1 amide bonds. The Labute approximate surface area is 158 Å². The van der Waals surface area contributed by atoms with Gasteiger partial charge < -0.3 is 18.8 Å². The van der Waals surface area contributed by atoms with Gasteiger partial charge in [0, 0.05) is 45.1 Å². The predicted octanol–water partition coefficient (Wildman–Crippen LogP) is 2.99. The van der Waals surface area contributed by atoms with Crippen LogP contribution in [0, 0.1) is 25.7 Å². The largest absolute Gasteiger partial charge is 0.466 e. The maximum atomic E-state index is 12.9. The first-order valence-electron chi connectivity index (χ1n) is 9.54. The number of anilines is 1. The van der Waals surface area contributed by atoms with Gasteiger partial charge in [-0.2, -0.15) is 0 Å². The molecule has 2 aliphatic heterocycles. The molecule has 3 aromatic rings. The molecular formula is C21H24N4O2. The molecule has 2 aromatic heterocycles. The lowest BCUT2D eigenvalue weighted by Gasteiger charge is -2.22. The highest BCUT2D eigenvalue weighted by Crippen LogP contribution is 2.35. The zero-order valence-corrected chi connectivity index (χ0v) is 16.0. The number of carbonyl (C=O) groups excluding carboxylic acids is 1. The Kier molecular flexibility index (Phi) is 3.57. The van der Waals surface area contributed by atoms with E-state index < -0.39 is 0 Å². The SMILES string of the molecule is Cc1cc(C(=O)N2CC3CN(c4nc5ccccc5n4C)CC3C2)c(C)o1. The standard InChI is InChI=1S/C21H24N4O2/c1-13-8-17(14(2)27-13)20(26)24-9-15-11-25(12-16(15)10-24)21-22-18-6-4-5-7-19(18)23(21)3/h4-8,15-16H,9-12H2,1-3H3. The van der Waals surface area contributed by atoms with Gasteiger partial charge in [0.25, 0.3) is 5.91 Å². The summed E-state index contributed by atoms with van der Waals surface area (Å²) in [6.07, 6.45) is 0. The molecule has 1 aromatic carbocycles. The fourth-order valence-corrected chi connectivity index (χ4v) is 4.75. The van der Waals surface area contributed by atoms with E-state index in [1.807, 2.05) is 30.9 Å². The Balaban J connectivity index is 1.32. The summed E-state index contributed by atoms with van der Waals surface area (Å²) >= 11 is 0. The van der Waals surface area contributed by atoms with Crippen molar-refractivity contribution in [3.8, 4) is 0 Å². The maximum Gasteiger partial charge on any atom is 0.257 e. The summed E-state index contributed by atoms with van der Waals surface area (Å²) in [7, 11) is 2.08. The Hall–Kier alpha value is -2.76. The number of aromatic nitrogens is 2. The number of aryl methyl sites for hydroxylation is 3. The summed E-state index contributed by atoms with van der Waals surface area (Å²) < 4.78 is 7.72. The topological polar surface area (TPSA) is 54.5 Å². The van der Waals surface area contributed by atoms with E-state index in [4.69, 9.17) is 9.40 Å². The summed E-state index contributed by atoms with van der Waals surface area (Å²) in [5.74, 6) is 3.65. The van der Waals surface area contributed by atoms with E-state index in [9.17, 15) is 4.79 Å². The van der Waals surface area contributed by atoms with Crippen LogP contribution in [-0.4, -0.2) is 46.5 Å². The molecule has 0 N–H and O–H groups in total. The van der Waals surface area contributed by atoms with Crippen molar-refractivity contribution >= 4 is 22.9 Å². The van der Waals surface area contributed by atoms with Gasteiger partial charge in [0.15, 0.2) is 0 Å². The van der Waals surface area contributed by atoms with E-state index in [1.54, 1.807) is 0 Å². The molecule has 6 nitrogen and oxygen atoms in total. The second-order valence-corrected chi connectivity index (χ2v) is 7.92. The molecule has 6 heteroatoms. The molecule has 0 radical (unpaired) electrons. The van der Waals surface area contributed by atoms with Gasteiger partial charge >= 0.3 is 0 Å². The third kappa shape index (κ3) is 2.54. The van der Waals surface area contributed by atoms with Gasteiger partial charge in [0.05, 0.1) is 16.6 Å². The summed E-state index contributed by atoms with van der Waals surface area (Å²) in [4.78, 5) is 22.1. The molecule has 0 saturated carbocycles. The van der Waals surface area contributed by atoms with Crippen molar-refractivity contribution in [3.63, 3.8) is 0 Å². The van der Waals surface area contributed by atoms with Crippen molar-refractivity contribution in [2.75, 3.05) is 31.1 Å². The highest BCUT2D eigenvalue weighted by Gasteiger charge is 2.43. The number of carbonyl (C=O) groups is 1. The van der Waals surface area contributed by atoms with Gasteiger partial charge in [-0.05, 0) is 32.0 Å². The third-order valence-electron chi connectivity index (χ3n) is 6.09. The van der Waals surface area contributed by atoms with Gasteiger partial charge in [0.2, 0.25) is 5.95 Å². The van der Waals surface area contributed by atoms with Crippen LogP contribution in [0.2, 0.25) is 0 Å². The number of imidazole rings is 1. The van der Waals surface area contributed by atoms with Crippen LogP contribution in [0.1, 0.15) is 21.9 Å². The van der Waals surface area contributed by atoms with Crippen molar-refractivity contribution in [1.29, 1.82) is 0 Å². The van der Waals surface area contributed by atoms with Gasteiger partial charge in [-0.1, -0.05) is 12.1 Å². The number of hydrogen-bond donors (Lipinski definition) is 0. The Morgan fingerprint density at radius 2 is 1.81 bits per heavy atom. The van der Waals surface area contributed by atoms with Crippen molar-refractivity contribution in [1.82, 2.24) is 14.5 Å². The Bertz CT molecular complexity index is 1020. The molecule has 27 heavy (non-hydrogen) atoms. The molecular weight excluding hydrogens is 340 g/mol. The smallest absolute Gasteiger partial charge is 0.257 e. The van der Waals surface area contributed by atoms with Crippen LogP contribution in [0.5, 0.6) is 0 Å². The average molecular weight is 364 g/mol. The van der Waals surface area contributed by atoms with Crippen LogP contribution in [0.15, 0.2) is 34.7 Å². The summed E-state index contributed by atoms with van der Waals surface area (Å²) in [5.41, 5.74) is 2.90. The van der Waals surface area contributed by atoms with Crippen LogP contribution in [0.4, 0.5) is 5.95 Å². The van der Waals surface area contributed by atoms with Crippen LogP contribution >= 0.6 is 0 Å². The molecule has 0 aliphatic carbocycles. The second kappa shape index (κ2) is 5.87. The normalized spacial score (nSPS) is 22.0. The monoisotopic (exact) mass is 364 g/mol. The second-order valence-electron chi connectivity index (χ2n) is 7.92. The lowest BCUT2D eigenvalue weighted by atomic mass is 10.0. The molecule has 2 unspecified atom stereocenters. The quantitative estimate of drug-likeness (QED) is 0.701. The maximum absolute atomic E-state index is 12.9. The van der Waals surface area contributed by atoms with E-state index >= 15 is 0 Å². The molecule has 2 fully saturated rings. The summed E-state index contributed by atoms with van der Waals surface area (Å²) in [6.45, 7) is 7.28. The van der Waals surface area contributed by atoms with Gasteiger partial charge in [0.1, 0.15) is 11.5 Å². The van der Waals surface area contributed by atoms with Crippen molar-refractivity contribution in [3.05, 3.63) is 47.4 Å². The zero-order valence-electron chi connectivity index (χ0n) is 16.0. The molecule has 2 aliphatic rings. The lowest BCUT2D eigenvalue weighted by molar-refractivity contribution is 0.0781. The summed E-state index contributed by atoms with van der Waals surface area (Å²) in [5, 5.41) is 0. The summed E-state index contributed by atoms with van der Waals surface area (Å²) in [6, 6.07) is 10.1. The molecule has 140 valence electrons. The number of amides is 1. The number of likely N-dealkylation sites (tertiary alicyclic amines) is 1. The fraction of sp³-hybridized carbons (Fsp3) is 0.429. The molecule has 2 atom stereocenters. The Morgan fingerprint density at radius 3 is 2.44 bits per heavy atom. The number of furan rings is 1. The van der Waals surface area contributed by atoms with E-state index in [0.29, 0.717) is 17.4 Å². The number of nitrogens with zero attached hydrogens (tertiary/aromatic N) is 4. The zero-order chi connectivity index (χ0) is 18.7. The van der Waals surface area contributed by atoms with E-state index in [2.05, 4.69) is 34.7 Å². The van der Waals surface area contributed by atoms with Crippen molar-refractivity contribution < 1.29 is 9.21 Å². The average Bonchev–Trinajstić information content (AvgIpc) is 3.36. The van der Waals surface area contributed by atoms with E-state index in [0.717, 1.165) is 54.7 Å². The minimum absolute atomic E-state index is 0.105. The number of rotatable bonds is 2. The minimum atomic E-state index is 0.105. The van der Waals surface area contributed by atoms with Crippen LogP contribution in [-0.2, 0) is 7.05 Å². The molecule has 5 rings (SSSR count). The first-order chi connectivity index (χ1) is 13.0. The van der Waals surface area contributed by atoms with Crippen LogP contribution < -0.4 is 4.90 Å². The number of para-hydroxylation sites is 2. The number of benzene rings is 1. The van der Waals surface area contributed by atoms with Crippen molar-refractivity contribution in [2.45, 2.75) is 13.8 Å². The third-order valence-corrected chi connectivity index (χ3v) is 6.09. The highest BCUT2D eigenvalue weighted by atomic mass is 16.3. The van der Waals surface area contributed by atoms with E-state index in [-0.39, 0.29) is 5.91 Å². The van der Waals surface area contributed by atoms with Crippen molar-refractivity contribution in [2.24, 2.45) is 18.9 Å². The van der Waals surface area contributed by atoms with Crippen LogP contribution in [0.25, 0.3) is 11.0 Å². The van der Waals surface area contributed by atoms with Gasteiger partial charge in [-0.3, -0.25) is 4.79 Å². The van der Waals surface area contributed by atoms with Gasteiger partial charge in [-0.15, -0.1) is 0 Å². The first kappa shape index (κ1) is 16.4. The number of fused-ring (bicyclic) bond motifs is 2. The molecule has 4 heterocycles. The number of hydrogen-bond acceptors (Lipinski definition) is 4. The molecule has 0 bridgehead atoms. The van der Waals surface area contributed by atoms with Gasteiger partial charge in [-0.25, -0.2) is 4.98 Å². The highest BCUT2D eigenvalue weighted by molar-refractivity contribution is 5.95. The first-order valence-corrected chi connectivity index (χ1v) is 9.54. The fourth-order valence-electron chi connectivity index (χ4n) is 4.75. The van der Waals surface area contributed by atoms with E-state index in [1.165, 1.54) is 0 Å².